The van der Waals surface area contributed by atoms with Crippen molar-refractivity contribution in [2.24, 2.45) is 5.92 Å². The molecule has 8 nitrogen and oxygen atoms in total. The quantitative estimate of drug-likeness (QED) is 0.410. The number of nitro groups is 1. The van der Waals surface area contributed by atoms with Gasteiger partial charge < -0.3 is 4.90 Å². The zero-order valence-electron chi connectivity index (χ0n) is 18.5. The molecule has 0 atom stereocenters. The molecule has 3 aromatic rings. The molecule has 5 rings (SSSR count). The number of nitrogens with zero attached hydrogens (tertiary/aromatic N) is 5. The second kappa shape index (κ2) is 9.15. The average molecular weight is 446 g/mol. The number of hydrogen-bond donors (Lipinski definition) is 0. The number of amides is 1. The van der Waals surface area contributed by atoms with Gasteiger partial charge in [0.25, 0.3) is 5.69 Å². The van der Waals surface area contributed by atoms with Gasteiger partial charge in [0.15, 0.2) is 0 Å². The molecule has 0 radical (unpaired) electrons. The predicted octanol–water partition coefficient (Wildman–Crippen LogP) is 3.54. The van der Waals surface area contributed by atoms with Crippen LogP contribution in [-0.2, 0) is 11.2 Å². The Morgan fingerprint density at radius 2 is 1.70 bits per heavy atom. The SMILES string of the molecule is O=C(Cc1cn(-c2ccccc2)nc1-c1ccc([N+](=O)[O-])cc1)N1CCN(CC2CC2)CC1. The number of carbonyl (C=O) groups excluding carboxylic acids is 1. The third-order valence-electron chi connectivity index (χ3n) is 6.44. The highest BCUT2D eigenvalue weighted by Gasteiger charge is 2.28. The third-order valence-corrected chi connectivity index (χ3v) is 6.44. The van der Waals surface area contributed by atoms with Crippen LogP contribution in [0.15, 0.2) is 60.8 Å². The molecular weight excluding hydrogens is 418 g/mol. The number of non-ortho nitro benzene ring substituents is 1. The second-order valence-electron chi connectivity index (χ2n) is 8.89. The van der Waals surface area contributed by atoms with Gasteiger partial charge in [-0.1, -0.05) is 18.2 Å². The minimum absolute atomic E-state index is 0.0305. The van der Waals surface area contributed by atoms with Crippen LogP contribution in [0, 0.1) is 16.0 Å². The minimum Gasteiger partial charge on any atom is -0.340 e. The van der Waals surface area contributed by atoms with Gasteiger partial charge in [0, 0.05) is 62.2 Å². The highest BCUT2D eigenvalue weighted by Crippen LogP contribution is 2.30. The van der Waals surface area contributed by atoms with Crippen LogP contribution >= 0.6 is 0 Å². The van der Waals surface area contributed by atoms with Crippen molar-refractivity contribution in [1.82, 2.24) is 19.6 Å². The van der Waals surface area contributed by atoms with Crippen molar-refractivity contribution in [3.63, 3.8) is 0 Å². The van der Waals surface area contributed by atoms with Gasteiger partial charge in [-0.15, -0.1) is 0 Å². The molecule has 1 aliphatic carbocycles. The van der Waals surface area contributed by atoms with Crippen molar-refractivity contribution in [2.45, 2.75) is 19.3 Å². The lowest BCUT2D eigenvalue weighted by Gasteiger charge is -2.34. The molecule has 1 aliphatic heterocycles. The van der Waals surface area contributed by atoms with Gasteiger partial charge in [-0.05, 0) is 43.0 Å². The van der Waals surface area contributed by atoms with E-state index in [1.807, 2.05) is 41.4 Å². The van der Waals surface area contributed by atoms with Gasteiger partial charge in [0.2, 0.25) is 5.91 Å². The summed E-state index contributed by atoms with van der Waals surface area (Å²) < 4.78 is 1.77. The van der Waals surface area contributed by atoms with Gasteiger partial charge in [0.1, 0.15) is 0 Å². The van der Waals surface area contributed by atoms with Crippen molar-refractivity contribution >= 4 is 11.6 Å². The van der Waals surface area contributed by atoms with Crippen LogP contribution in [0.5, 0.6) is 0 Å². The van der Waals surface area contributed by atoms with Gasteiger partial charge in [-0.25, -0.2) is 4.68 Å². The molecule has 2 aromatic carbocycles. The highest BCUT2D eigenvalue weighted by molar-refractivity contribution is 5.81. The number of benzene rings is 2. The van der Waals surface area contributed by atoms with Crippen molar-refractivity contribution < 1.29 is 9.72 Å². The summed E-state index contributed by atoms with van der Waals surface area (Å²) in [6.07, 6.45) is 4.83. The lowest BCUT2D eigenvalue weighted by Crippen LogP contribution is -2.49. The fourth-order valence-corrected chi connectivity index (χ4v) is 4.36. The topological polar surface area (TPSA) is 84.5 Å². The monoisotopic (exact) mass is 445 g/mol. The molecule has 1 aromatic heterocycles. The molecule has 0 bridgehead atoms. The van der Waals surface area contributed by atoms with E-state index in [-0.39, 0.29) is 18.0 Å². The fraction of sp³-hybridized carbons (Fsp3) is 0.360. The second-order valence-corrected chi connectivity index (χ2v) is 8.89. The Morgan fingerprint density at radius 3 is 2.33 bits per heavy atom. The molecule has 33 heavy (non-hydrogen) atoms. The number of piperazine rings is 1. The third kappa shape index (κ3) is 4.96. The fourth-order valence-electron chi connectivity index (χ4n) is 4.36. The van der Waals surface area contributed by atoms with Crippen molar-refractivity contribution in [3.8, 4) is 16.9 Å². The molecule has 1 saturated heterocycles. The molecule has 1 amide bonds. The zero-order chi connectivity index (χ0) is 22.8. The number of rotatable bonds is 7. The summed E-state index contributed by atoms with van der Waals surface area (Å²) in [5.41, 5.74) is 3.18. The van der Waals surface area contributed by atoms with Crippen LogP contribution in [-0.4, -0.2) is 63.1 Å². The van der Waals surface area contributed by atoms with E-state index in [1.165, 1.54) is 25.0 Å². The summed E-state index contributed by atoms with van der Waals surface area (Å²) in [4.78, 5) is 28.2. The average Bonchev–Trinajstić information content (AvgIpc) is 3.56. The first-order valence-corrected chi connectivity index (χ1v) is 11.5. The van der Waals surface area contributed by atoms with E-state index in [9.17, 15) is 14.9 Å². The maximum atomic E-state index is 13.2. The van der Waals surface area contributed by atoms with Gasteiger partial charge in [-0.2, -0.15) is 5.10 Å². The number of carbonyl (C=O) groups is 1. The molecule has 0 N–H and O–H groups in total. The van der Waals surface area contributed by atoms with Crippen LogP contribution in [0.1, 0.15) is 18.4 Å². The van der Waals surface area contributed by atoms with Gasteiger partial charge in [0.05, 0.1) is 22.7 Å². The normalized spacial score (nSPS) is 16.7. The van der Waals surface area contributed by atoms with Crippen molar-refractivity contribution in [2.75, 3.05) is 32.7 Å². The Bertz CT molecular complexity index is 1130. The van der Waals surface area contributed by atoms with Gasteiger partial charge >= 0.3 is 0 Å². The van der Waals surface area contributed by atoms with Crippen LogP contribution in [0.3, 0.4) is 0 Å². The summed E-state index contributed by atoms with van der Waals surface area (Å²) >= 11 is 0. The van der Waals surface area contributed by atoms with E-state index in [0.29, 0.717) is 5.69 Å². The minimum atomic E-state index is -0.417. The highest BCUT2D eigenvalue weighted by atomic mass is 16.6. The van der Waals surface area contributed by atoms with Crippen LogP contribution in [0.4, 0.5) is 5.69 Å². The van der Waals surface area contributed by atoms with Crippen molar-refractivity contribution in [3.05, 3.63) is 76.5 Å². The molecule has 0 spiro atoms. The molecular formula is C25H27N5O3. The molecule has 2 heterocycles. The van der Waals surface area contributed by atoms with Gasteiger partial charge in [-0.3, -0.25) is 19.8 Å². The van der Waals surface area contributed by atoms with E-state index in [0.717, 1.165) is 55.5 Å². The van der Waals surface area contributed by atoms with Crippen molar-refractivity contribution in [1.29, 1.82) is 0 Å². The predicted molar refractivity (Wildman–Crippen MR) is 125 cm³/mol. The molecule has 2 aliphatic rings. The van der Waals surface area contributed by atoms with E-state index >= 15 is 0 Å². The van der Waals surface area contributed by atoms with Crippen LogP contribution in [0.25, 0.3) is 16.9 Å². The zero-order valence-corrected chi connectivity index (χ0v) is 18.5. The summed E-state index contributed by atoms with van der Waals surface area (Å²) in [7, 11) is 0. The van der Waals surface area contributed by atoms with E-state index in [2.05, 4.69) is 4.90 Å². The maximum absolute atomic E-state index is 13.2. The summed E-state index contributed by atoms with van der Waals surface area (Å²) in [6, 6.07) is 16.1. The molecule has 8 heteroatoms. The maximum Gasteiger partial charge on any atom is 0.269 e. The van der Waals surface area contributed by atoms with Crippen LogP contribution < -0.4 is 0 Å². The van der Waals surface area contributed by atoms with E-state index < -0.39 is 4.92 Å². The number of nitro benzene ring substituents is 1. The lowest BCUT2D eigenvalue weighted by molar-refractivity contribution is -0.384. The first-order valence-electron chi connectivity index (χ1n) is 11.5. The number of aromatic nitrogens is 2. The molecule has 0 unspecified atom stereocenters. The first-order chi connectivity index (χ1) is 16.1. The summed E-state index contributed by atoms with van der Waals surface area (Å²) in [5, 5.41) is 15.8. The first kappa shape index (κ1) is 21.3. The lowest BCUT2D eigenvalue weighted by atomic mass is 10.0. The van der Waals surface area contributed by atoms with E-state index in [4.69, 9.17) is 5.10 Å². The Morgan fingerprint density at radius 1 is 1.00 bits per heavy atom. The molecule has 1 saturated carbocycles. The molecule has 170 valence electrons. The smallest absolute Gasteiger partial charge is 0.269 e. The molecule has 2 fully saturated rings. The Hall–Kier alpha value is -3.52. The Kier molecular flexibility index (Phi) is 5.92. The Balaban J connectivity index is 1.36. The number of para-hydroxylation sites is 1. The largest absolute Gasteiger partial charge is 0.340 e. The Labute approximate surface area is 192 Å². The summed E-state index contributed by atoms with van der Waals surface area (Å²) in [5.74, 6) is 0.956. The number of hydrogen-bond acceptors (Lipinski definition) is 5. The summed E-state index contributed by atoms with van der Waals surface area (Å²) in [6.45, 7) is 4.54. The van der Waals surface area contributed by atoms with Crippen LogP contribution in [0.2, 0.25) is 0 Å². The van der Waals surface area contributed by atoms with E-state index in [1.54, 1.807) is 16.8 Å². The standard InChI is InChI=1S/C25H27N5O3/c31-24(28-14-12-27(13-15-28)17-19-6-7-19)16-21-18-29(22-4-2-1-3-5-22)26-25(21)20-8-10-23(11-9-20)30(32)33/h1-5,8-11,18-19H,6-7,12-17H2.